The molecule has 0 bridgehead atoms. The van der Waals surface area contributed by atoms with Crippen molar-refractivity contribution in [1.82, 2.24) is 4.98 Å². The van der Waals surface area contributed by atoms with Crippen LogP contribution in [0.4, 0.5) is 10.1 Å². The molecule has 0 fully saturated rings. The van der Waals surface area contributed by atoms with Crippen molar-refractivity contribution in [3.05, 3.63) is 51.2 Å². The van der Waals surface area contributed by atoms with E-state index in [4.69, 9.17) is 14.4 Å². The molecule has 1 amide bonds. The van der Waals surface area contributed by atoms with Gasteiger partial charge in [-0.25, -0.2) is 9.78 Å². The summed E-state index contributed by atoms with van der Waals surface area (Å²) in [5.74, 6) is 0.251. The third-order valence-corrected chi connectivity index (χ3v) is 4.92. The number of nitrogens with one attached hydrogen (secondary N) is 1. The molecule has 3 aromatic rings. The molecular formula is C19H20N3O6S-. The number of fused-ring (bicyclic) bond motifs is 1. The number of anilines is 2. The van der Waals surface area contributed by atoms with Gasteiger partial charge in [0.2, 0.25) is 5.91 Å². The number of hydrogen-bond acceptors (Lipinski definition) is 9. The maximum absolute atomic E-state index is 12.3. The molecule has 0 radical (unpaired) electrons. The molecule has 0 saturated carbocycles. The van der Waals surface area contributed by atoms with Gasteiger partial charge in [-0.3, -0.25) is 10.0 Å². The average Bonchev–Trinajstić information content (AvgIpc) is 3.08. The Bertz CT molecular complexity index is 1090. The van der Waals surface area contributed by atoms with Crippen LogP contribution in [0.1, 0.15) is 31.4 Å². The van der Waals surface area contributed by atoms with E-state index in [0.29, 0.717) is 17.8 Å². The Kier molecular flexibility index (Phi) is 6.16. The summed E-state index contributed by atoms with van der Waals surface area (Å²) in [6.45, 7) is 5.58. The minimum absolute atomic E-state index is 0.0283. The predicted octanol–water partition coefficient (Wildman–Crippen LogP) is 3.61. The lowest BCUT2D eigenvalue weighted by atomic mass is 10.0. The number of aryl methyl sites for hydroxylation is 2. The third-order valence-electron chi connectivity index (χ3n) is 4.04. The first-order chi connectivity index (χ1) is 13.7. The van der Waals surface area contributed by atoms with Gasteiger partial charge in [0.05, 0.1) is 12.3 Å². The molecule has 0 spiro atoms. The monoisotopic (exact) mass is 418 g/mol. The van der Waals surface area contributed by atoms with E-state index in [1.54, 1.807) is 6.07 Å². The van der Waals surface area contributed by atoms with Crippen molar-refractivity contribution in [2.75, 3.05) is 10.5 Å². The zero-order valence-corrected chi connectivity index (χ0v) is 16.9. The summed E-state index contributed by atoms with van der Waals surface area (Å²) in [4.78, 5) is 27.8. The van der Waals surface area contributed by atoms with Crippen LogP contribution in [0.5, 0.6) is 5.75 Å². The Hall–Kier alpha value is -2.95. The van der Waals surface area contributed by atoms with Crippen LogP contribution in [0.2, 0.25) is 0 Å². The van der Waals surface area contributed by atoms with Gasteiger partial charge in [-0.15, -0.1) is 0 Å². The Balaban J connectivity index is 1.80. The summed E-state index contributed by atoms with van der Waals surface area (Å²) in [5.41, 5.74) is 1.58. The van der Waals surface area contributed by atoms with Crippen molar-refractivity contribution in [1.29, 1.82) is 0 Å². The maximum atomic E-state index is 12.3. The standard InChI is InChI=1S/C19H20N3O6S/c1-10(2)27-14-8-15-13(11(3)6-18(24)28-15)7-12(14)4-5-16(23)21-19-20-9-17(29-19)22(25)26/h6-10,25H,4-5H2,1-3H3,(H,20,21,23)/q-1. The van der Waals surface area contributed by atoms with Gasteiger partial charge in [-0.2, -0.15) is 0 Å². The minimum atomic E-state index is -0.431. The Morgan fingerprint density at radius 1 is 1.41 bits per heavy atom. The van der Waals surface area contributed by atoms with E-state index in [0.717, 1.165) is 27.8 Å². The maximum Gasteiger partial charge on any atom is 0.336 e. The first-order valence-electron chi connectivity index (χ1n) is 8.89. The van der Waals surface area contributed by atoms with Crippen LogP contribution in [-0.2, 0) is 11.2 Å². The number of nitrogens with zero attached hydrogens (tertiary/aromatic N) is 2. The molecule has 0 atom stereocenters. The smallest absolute Gasteiger partial charge is 0.336 e. The zero-order valence-electron chi connectivity index (χ0n) is 16.1. The zero-order chi connectivity index (χ0) is 21.1. The number of ether oxygens (including phenoxy) is 1. The minimum Gasteiger partial charge on any atom is -0.733 e. The molecule has 0 aliphatic heterocycles. The van der Waals surface area contributed by atoms with Gasteiger partial charge in [-0.1, -0.05) is 11.3 Å². The number of rotatable bonds is 7. The number of aromatic nitrogens is 1. The van der Waals surface area contributed by atoms with E-state index in [2.05, 4.69) is 10.3 Å². The highest BCUT2D eigenvalue weighted by Crippen LogP contribution is 2.30. The Labute approximate surface area is 170 Å². The second-order valence-corrected chi connectivity index (χ2v) is 7.71. The number of carbonyl (C=O) groups is 1. The largest absolute Gasteiger partial charge is 0.733 e. The van der Waals surface area contributed by atoms with Crippen LogP contribution in [0.15, 0.2) is 33.6 Å². The lowest BCUT2D eigenvalue weighted by Crippen LogP contribution is -2.13. The first-order valence-corrected chi connectivity index (χ1v) is 9.70. The quantitative estimate of drug-likeness (QED) is 0.440. The van der Waals surface area contributed by atoms with Crippen LogP contribution in [0, 0.1) is 12.1 Å². The van der Waals surface area contributed by atoms with E-state index < -0.39 is 5.63 Å². The van der Waals surface area contributed by atoms with E-state index in [1.165, 1.54) is 12.3 Å². The average molecular weight is 418 g/mol. The van der Waals surface area contributed by atoms with Gasteiger partial charge in [0, 0.05) is 23.9 Å². The van der Waals surface area contributed by atoms with Gasteiger partial charge in [0.25, 0.3) is 0 Å². The molecule has 29 heavy (non-hydrogen) atoms. The molecule has 1 aromatic carbocycles. The van der Waals surface area contributed by atoms with Crippen LogP contribution < -0.4 is 20.9 Å². The van der Waals surface area contributed by atoms with Crippen molar-refractivity contribution in [3.8, 4) is 5.75 Å². The van der Waals surface area contributed by atoms with Crippen molar-refractivity contribution in [2.45, 2.75) is 39.7 Å². The lowest BCUT2D eigenvalue weighted by Gasteiger charge is -2.17. The highest BCUT2D eigenvalue weighted by molar-refractivity contribution is 7.19. The Morgan fingerprint density at radius 3 is 2.83 bits per heavy atom. The molecule has 0 saturated heterocycles. The van der Waals surface area contributed by atoms with Gasteiger partial charge >= 0.3 is 5.63 Å². The van der Waals surface area contributed by atoms with E-state index in [9.17, 15) is 14.8 Å². The summed E-state index contributed by atoms with van der Waals surface area (Å²) < 4.78 is 11.1. The second-order valence-electron chi connectivity index (χ2n) is 6.70. The van der Waals surface area contributed by atoms with Crippen LogP contribution >= 0.6 is 11.3 Å². The summed E-state index contributed by atoms with van der Waals surface area (Å²) in [7, 11) is 0. The summed E-state index contributed by atoms with van der Waals surface area (Å²) >= 11 is 0.861. The summed E-state index contributed by atoms with van der Waals surface area (Å²) in [5, 5.41) is 22.9. The molecule has 2 N–H and O–H groups in total. The predicted molar refractivity (Wildman–Crippen MR) is 110 cm³/mol. The molecule has 2 heterocycles. The van der Waals surface area contributed by atoms with Crippen molar-refractivity contribution < 1.29 is 19.2 Å². The number of amides is 1. The van der Waals surface area contributed by atoms with E-state index in [1.807, 2.05) is 26.8 Å². The van der Waals surface area contributed by atoms with Crippen molar-refractivity contribution >= 4 is 38.3 Å². The highest BCUT2D eigenvalue weighted by atomic mass is 32.1. The first kappa shape index (κ1) is 20.8. The molecule has 3 rings (SSSR count). The molecule has 0 unspecified atom stereocenters. The van der Waals surface area contributed by atoms with E-state index in [-0.39, 0.29) is 33.8 Å². The summed E-state index contributed by atoms with van der Waals surface area (Å²) in [6.07, 6.45) is 1.60. The van der Waals surface area contributed by atoms with Crippen LogP contribution in [-0.4, -0.2) is 22.2 Å². The molecule has 9 nitrogen and oxygen atoms in total. The van der Waals surface area contributed by atoms with Gasteiger partial charge < -0.3 is 24.9 Å². The molecule has 2 aromatic heterocycles. The number of carbonyl (C=O) groups excluding carboxylic acids is 1. The molecule has 10 heteroatoms. The molecular weight excluding hydrogens is 398 g/mol. The molecule has 0 aliphatic rings. The fraction of sp³-hybridized carbons (Fsp3) is 0.316. The third kappa shape index (κ3) is 5.11. The summed E-state index contributed by atoms with van der Waals surface area (Å²) in [6, 6.07) is 4.96. The fourth-order valence-electron chi connectivity index (χ4n) is 2.79. The SMILES string of the molecule is Cc1cc(=O)oc2cc(OC(C)C)c(CCC(=O)Nc3ncc(N([O-])O)s3)cc12. The fourth-order valence-corrected chi connectivity index (χ4v) is 3.44. The Morgan fingerprint density at radius 2 is 2.17 bits per heavy atom. The highest BCUT2D eigenvalue weighted by Gasteiger charge is 2.14. The molecule has 154 valence electrons. The lowest BCUT2D eigenvalue weighted by molar-refractivity contribution is -0.116. The number of thiazole rings is 1. The van der Waals surface area contributed by atoms with E-state index >= 15 is 0 Å². The van der Waals surface area contributed by atoms with Crippen molar-refractivity contribution in [3.63, 3.8) is 0 Å². The van der Waals surface area contributed by atoms with Gasteiger partial charge in [-0.05, 0) is 44.4 Å². The number of benzene rings is 1. The molecule has 0 aliphatic carbocycles. The van der Waals surface area contributed by atoms with Gasteiger partial charge in [0.15, 0.2) is 5.13 Å². The van der Waals surface area contributed by atoms with Crippen LogP contribution in [0.3, 0.4) is 0 Å². The van der Waals surface area contributed by atoms with Crippen LogP contribution in [0.25, 0.3) is 11.0 Å². The van der Waals surface area contributed by atoms with Gasteiger partial charge in [0.1, 0.15) is 16.3 Å². The normalized spacial score (nSPS) is 11.1. The topological polar surface area (TPSA) is 128 Å². The van der Waals surface area contributed by atoms with Crippen molar-refractivity contribution in [2.24, 2.45) is 0 Å². The second kappa shape index (κ2) is 8.60. The number of hydrogen-bond donors (Lipinski definition) is 2.